The summed E-state index contributed by atoms with van der Waals surface area (Å²) in [5.74, 6) is 0.617. The van der Waals surface area contributed by atoms with Gasteiger partial charge in [0.1, 0.15) is 11.6 Å². The van der Waals surface area contributed by atoms with Gasteiger partial charge in [-0.05, 0) is 37.5 Å². The van der Waals surface area contributed by atoms with Crippen molar-refractivity contribution >= 4 is 16.6 Å². The number of benzene rings is 1. The second-order valence-electron chi connectivity index (χ2n) is 6.33. The van der Waals surface area contributed by atoms with Gasteiger partial charge in [0.15, 0.2) is 0 Å². The molecule has 0 aliphatic carbocycles. The first-order chi connectivity index (χ1) is 12.2. The van der Waals surface area contributed by atoms with E-state index in [-0.39, 0.29) is 11.5 Å². The predicted octanol–water partition coefficient (Wildman–Crippen LogP) is 2.57. The van der Waals surface area contributed by atoms with E-state index < -0.39 is 0 Å². The van der Waals surface area contributed by atoms with Gasteiger partial charge < -0.3 is 5.32 Å². The van der Waals surface area contributed by atoms with Crippen molar-refractivity contribution in [1.82, 2.24) is 19.3 Å². The van der Waals surface area contributed by atoms with Gasteiger partial charge in [0.2, 0.25) is 0 Å². The van der Waals surface area contributed by atoms with Crippen LogP contribution in [0.4, 0.5) is 10.1 Å². The number of nitrogens with zero attached hydrogens (tertiary/aromatic N) is 4. The van der Waals surface area contributed by atoms with E-state index in [1.54, 1.807) is 21.5 Å². The van der Waals surface area contributed by atoms with Crippen molar-refractivity contribution in [2.75, 3.05) is 11.9 Å². The standard InChI is InChI=1S/C18H20FN5O/c19-13-5-6-14-15(7-9-21-16(14)12-13)20-8-3-11-24-18(25)23-10-2-1-4-17(23)22-24/h5-7,9,12H,1-4,8,10-11H2,(H,20,21). The van der Waals surface area contributed by atoms with Crippen LogP contribution in [-0.2, 0) is 19.5 Å². The summed E-state index contributed by atoms with van der Waals surface area (Å²) < 4.78 is 16.7. The normalized spacial score (nSPS) is 13.8. The lowest BCUT2D eigenvalue weighted by Gasteiger charge is -2.09. The summed E-state index contributed by atoms with van der Waals surface area (Å²) in [6.45, 7) is 2.07. The minimum Gasteiger partial charge on any atom is -0.384 e. The first-order valence-corrected chi connectivity index (χ1v) is 8.67. The number of fused-ring (bicyclic) bond motifs is 2. The fourth-order valence-corrected chi connectivity index (χ4v) is 3.32. The second-order valence-corrected chi connectivity index (χ2v) is 6.33. The smallest absolute Gasteiger partial charge is 0.345 e. The molecule has 1 aliphatic heterocycles. The Hall–Kier alpha value is -2.70. The van der Waals surface area contributed by atoms with Crippen molar-refractivity contribution in [3.8, 4) is 0 Å². The molecule has 25 heavy (non-hydrogen) atoms. The van der Waals surface area contributed by atoms with E-state index in [9.17, 15) is 9.18 Å². The molecule has 0 fully saturated rings. The summed E-state index contributed by atoms with van der Waals surface area (Å²) in [5, 5.41) is 8.68. The summed E-state index contributed by atoms with van der Waals surface area (Å²) in [6, 6.07) is 6.47. The van der Waals surface area contributed by atoms with E-state index in [1.807, 2.05) is 6.07 Å². The van der Waals surface area contributed by atoms with E-state index in [0.29, 0.717) is 18.6 Å². The molecule has 3 aromatic rings. The number of hydrogen-bond acceptors (Lipinski definition) is 4. The molecule has 2 aromatic heterocycles. The average molecular weight is 341 g/mol. The Morgan fingerprint density at radius 2 is 2.16 bits per heavy atom. The van der Waals surface area contributed by atoms with Gasteiger partial charge in [0, 0.05) is 49.4 Å². The molecule has 0 bridgehead atoms. The van der Waals surface area contributed by atoms with Crippen LogP contribution in [-0.4, -0.2) is 25.9 Å². The highest BCUT2D eigenvalue weighted by atomic mass is 19.1. The van der Waals surface area contributed by atoms with Gasteiger partial charge in [-0.2, -0.15) is 5.10 Å². The molecule has 1 N–H and O–H groups in total. The van der Waals surface area contributed by atoms with Crippen molar-refractivity contribution in [3.05, 3.63) is 52.6 Å². The average Bonchev–Trinajstić information content (AvgIpc) is 2.95. The van der Waals surface area contributed by atoms with Crippen LogP contribution in [0.1, 0.15) is 25.1 Å². The maximum absolute atomic E-state index is 13.3. The van der Waals surface area contributed by atoms with Gasteiger partial charge in [-0.1, -0.05) is 0 Å². The molecule has 1 aliphatic rings. The van der Waals surface area contributed by atoms with Crippen LogP contribution in [0.3, 0.4) is 0 Å². The molecule has 0 amide bonds. The largest absolute Gasteiger partial charge is 0.384 e. The first-order valence-electron chi connectivity index (χ1n) is 8.67. The number of anilines is 1. The van der Waals surface area contributed by atoms with Gasteiger partial charge in [0.05, 0.1) is 5.52 Å². The Balaban J connectivity index is 1.40. The maximum atomic E-state index is 13.3. The molecule has 0 atom stereocenters. The molecule has 0 spiro atoms. The molecule has 0 unspecified atom stereocenters. The van der Waals surface area contributed by atoms with E-state index in [1.165, 1.54) is 12.1 Å². The lowest BCUT2D eigenvalue weighted by Crippen LogP contribution is -2.27. The SMILES string of the molecule is O=c1n(CCCNc2ccnc3cc(F)ccc23)nc2n1CCCC2. The van der Waals surface area contributed by atoms with Crippen LogP contribution in [0, 0.1) is 5.82 Å². The number of hydrogen-bond donors (Lipinski definition) is 1. The van der Waals surface area contributed by atoms with Gasteiger partial charge in [-0.15, -0.1) is 0 Å². The third-order valence-electron chi connectivity index (χ3n) is 4.60. The Kier molecular flexibility index (Phi) is 4.21. The Bertz CT molecular complexity index is 962. The van der Waals surface area contributed by atoms with Crippen LogP contribution < -0.4 is 11.0 Å². The van der Waals surface area contributed by atoms with Crippen LogP contribution >= 0.6 is 0 Å². The van der Waals surface area contributed by atoms with Crippen molar-refractivity contribution in [2.24, 2.45) is 0 Å². The zero-order valence-electron chi connectivity index (χ0n) is 13.9. The van der Waals surface area contributed by atoms with Gasteiger partial charge in [-0.3, -0.25) is 9.55 Å². The molecule has 0 radical (unpaired) electrons. The third kappa shape index (κ3) is 3.14. The zero-order valence-corrected chi connectivity index (χ0v) is 13.9. The summed E-state index contributed by atoms with van der Waals surface area (Å²) in [5.41, 5.74) is 1.55. The summed E-state index contributed by atoms with van der Waals surface area (Å²) >= 11 is 0. The van der Waals surface area contributed by atoms with Gasteiger partial charge >= 0.3 is 5.69 Å². The van der Waals surface area contributed by atoms with Crippen molar-refractivity contribution < 1.29 is 4.39 Å². The molecular weight excluding hydrogens is 321 g/mol. The minimum absolute atomic E-state index is 0.000430. The predicted molar refractivity (Wildman–Crippen MR) is 94.2 cm³/mol. The van der Waals surface area contributed by atoms with E-state index in [4.69, 9.17) is 0 Å². The van der Waals surface area contributed by atoms with Gasteiger partial charge in [0.25, 0.3) is 0 Å². The highest BCUT2D eigenvalue weighted by molar-refractivity contribution is 5.90. The molecule has 0 saturated carbocycles. The minimum atomic E-state index is -0.291. The zero-order chi connectivity index (χ0) is 17.2. The van der Waals surface area contributed by atoms with Crippen molar-refractivity contribution in [2.45, 2.75) is 38.8 Å². The maximum Gasteiger partial charge on any atom is 0.345 e. The molecule has 7 heteroatoms. The van der Waals surface area contributed by atoms with Crippen LogP contribution in [0.2, 0.25) is 0 Å². The molecular formula is C18H20FN5O. The highest BCUT2D eigenvalue weighted by Gasteiger charge is 2.16. The number of rotatable bonds is 5. The number of pyridine rings is 1. The number of halogens is 1. The Labute approximate surface area is 144 Å². The molecule has 0 saturated heterocycles. The highest BCUT2D eigenvalue weighted by Crippen LogP contribution is 2.22. The molecule has 130 valence electrons. The molecule has 1 aromatic carbocycles. The molecule has 6 nitrogen and oxygen atoms in total. The third-order valence-corrected chi connectivity index (χ3v) is 4.60. The van der Waals surface area contributed by atoms with Crippen LogP contribution in [0.15, 0.2) is 35.3 Å². The molecule has 3 heterocycles. The lowest BCUT2D eigenvalue weighted by molar-refractivity contribution is 0.510. The quantitative estimate of drug-likeness (QED) is 0.725. The van der Waals surface area contributed by atoms with E-state index in [0.717, 1.165) is 49.1 Å². The van der Waals surface area contributed by atoms with E-state index >= 15 is 0 Å². The number of aromatic nitrogens is 4. The van der Waals surface area contributed by atoms with Crippen molar-refractivity contribution in [1.29, 1.82) is 0 Å². The van der Waals surface area contributed by atoms with E-state index in [2.05, 4.69) is 15.4 Å². The van der Waals surface area contributed by atoms with Crippen LogP contribution in [0.5, 0.6) is 0 Å². The molecule has 4 rings (SSSR count). The number of aryl methyl sites for hydroxylation is 2. The Morgan fingerprint density at radius 1 is 1.24 bits per heavy atom. The summed E-state index contributed by atoms with van der Waals surface area (Å²) in [7, 11) is 0. The fourth-order valence-electron chi connectivity index (χ4n) is 3.32. The monoisotopic (exact) mass is 341 g/mol. The fraction of sp³-hybridized carbons (Fsp3) is 0.389. The van der Waals surface area contributed by atoms with Crippen molar-refractivity contribution in [3.63, 3.8) is 0 Å². The second kappa shape index (κ2) is 6.66. The van der Waals surface area contributed by atoms with Crippen LogP contribution in [0.25, 0.3) is 10.9 Å². The summed E-state index contributed by atoms with van der Waals surface area (Å²) in [6.07, 6.45) is 5.49. The summed E-state index contributed by atoms with van der Waals surface area (Å²) in [4.78, 5) is 16.5. The lowest BCUT2D eigenvalue weighted by atomic mass is 10.2. The number of nitrogens with one attached hydrogen (secondary N) is 1. The Morgan fingerprint density at radius 3 is 3.04 bits per heavy atom. The van der Waals surface area contributed by atoms with Gasteiger partial charge in [-0.25, -0.2) is 13.9 Å². The topological polar surface area (TPSA) is 64.7 Å². The first kappa shape index (κ1) is 15.8.